The third-order valence-electron chi connectivity index (χ3n) is 2.15. The molecule has 2 N–H and O–H groups in total. The smallest absolute Gasteiger partial charge is 0.273 e. The van der Waals surface area contributed by atoms with Crippen LogP contribution in [0.25, 0.3) is 6.08 Å². The third-order valence-corrected chi connectivity index (χ3v) is 3.09. The largest absolute Gasteiger partial charge is 0.328 e. The van der Waals surface area contributed by atoms with Crippen LogP contribution in [0.3, 0.4) is 0 Å². The van der Waals surface area contributed by atoms with Crippen LogP contribution in [-0.4, -0.2) is 17.3 Å². The summed E-state index contributed by atoms with van der Waals surface area (Å²) < 4.78 is 0. The number of amides is 1. The van der Waals surface area contributed by atoms with Gasteiger partial charge in [0, 0.05) is 4.90 Å². The molecule has 0 aromatic heterocycles. The van der Waals surface area contributed by atoms with E-state index < -0.39 is 0 Å². The first-order chi connectivity index (χ1) is 7.69. The van der Waals surface area contributed by atoms with E-state index in [0.717, 1.165) is 5.56 Å². The van der Waals surface area contributed by atoms with E-state index in [0.29, 0.717) is 10.8 Å². The summed E-state index contributed by atoms with van der Waals surface area (Å²) in [6, 6.07) is 7.97. The molecule has 0 spiro atoms. The molecule has 82 valence electrons. The number of benzene rings is 1. The second kappa shape index (κ2) is 4.67. The lowest BCUT2D eigenvalue weighted by atomic mass is 10.2. The molecular formula is C11H10N2OS2. The van der Waals surface area contributed by atoms with Crippen LogP contribution in [0.5, 0.6) is 0 Å². The van der Waals surface area contributed by atoms with Crippen LogP contribution in [0.4, 0.5) is 0 Å². The molecule has 1 heterocycles. The number of thiocarbonyl (C=S) groups is 1. The van der Waals surface area contributed by atoms with Crippen molar-refractivity contribution < 1.29 is 4.79 Å². The zero-order valence-corrected chi connectivity index (χ0v) is 10.2. The molecule has 2 rings (SSSR count). The highest BCUT2D eigenvalue weighted by atomic mass is 32.2. The SMILES string of the molecule is CSc1ccc(C=C2NC(=S)NC2=O)cc1. The van der Waals surface area contributed by atoms with E-state index in [9.17, 15) is 4.79 Å². The van der Waals surface area contributed by atoms with Crippen molar-refractivity contribution in [3.8, 4) is 0 Å². The summed E-state index contributed by atoms with van der Waals surface area (Å²) in [7, 11) is 0. The standard InChI is InChI=1S/C11H10N2OS2/c1-16-8-4-2-7(3-5-8)6-9-10(14)13-11(15)12-9/h2-6H,1H3,(H2,12,13,14,15). The van der Waals surface area contributed by atoms with E-state index in [1.54, 1.807) is 17.8 Å². The van der Waals surface area contributed by atoms with E-state index in [4.69, 9.17) is 12.2 Å². The summed E-state index contributed by atoms with van der Waals surface area (Å²) in [6.07, 6.45) is 3.80. The molecule has 0 radical (unpaired) electrons. The number of rotatable bonds is 2. The summed E-state index contributed by atoms with van der Waals surface area (Å²) in [5, 5.41) is 5.68. The van der Waals surface area contributed by atoms with Crippen LogP contribution < -0.4 is 10.6 Å². The van der Waals surface area contributed by atoms with Gasteiger partial charge in [-0.05, 0) is 42.2 Å². The molecule has 0 atom stereocenters. The highest BCUT2D eigenvalue weighted by Gasteiger charge is 2.19. The fourth-order valence-electron chi connectivity index (χ4n) is 1.35. The van der Waals surface area contributed by atoms with Crippen LogP contribution in [-0.2, 0) is 4.79 Å². The lowest BCUT2D eigenvalue weighted by Gasteiger charge is -1.98. The number of carbonyl (C=O) groups excluding carboxylic acids is 1. The molecule has 1 aromatic carbocycles. The van der Waals surface area contributed by atoms with Gasteiger partial charge in [0.2, 0.25) is 0 Å². The van der Waals surface area contributed by atoms with Gasteiger partial charge >= 0.3 is 0 Å². The Labute approximate surface area is 103 Å². The van der Waals surface area contributed by atoms with Gasteiger partial charge in [-0.1, -0.05) is 12.1 Å². The lowest BCUT2D eigenvalue weighted by Crippen LogP contribution is -2.21. The topological polar surface area (TPSA) is 41.1 Å². The second-order valence-corrected chi connectivity index (χ2v) is 4.53. The summed E-state index contributed by atoms with van der Waals surface area (Å²) in [5.41, 5.74) is 1.46. The molecule has 1 saturated heterocycles. The Bertz CT molecular complexity index is 465. The Morgan fingerprint density at radius 1 is 1.25 bits per heavy atom. The third kappa shape index (κ3) is 2.43. The number of nitrogens with one attached hydrogen (secondary N) is 2. The minimum Gasteiger partial charge on any atom is -0.328 e. The minimum atomic E-state index is -0.182. The Kier molecular flexibility index (Phi) is 3.26. The predicted octanol–water partition coefficient (Wildman–Crippen LogP) is 1.75. The van der Waals surface area contributed by atoms with Crippen molar-refractivity contribution in [2.24, 2.45) is 0 Å². The van der Waals surface area contributed by atoms with E-state index in [1.807, 2.05) is 30.5 Å². The van der Waals surface area contributed by atoms with Crippen LogP contribution in [0.15, 0.2) is 34.9 Å². The Balaban J connectivity index is 2.22. The molecule has 3 nitrogen and oxygen atoms in total. The van der Waals surface area contributed by atoms with Crippen molar-refractivity contribution in [1.82, 2.24) is 10.6 Å². The van der Waals surface area contributed by atoms with Gasteiger partial charge in [-0.15, -0.1) is 11.8 Å². The van der Waals surface area contributed by atoms with Gasteiger partial charge in [0.05, 0.1) is 0 Å². The molecule has 0 bridgehead atoms. The van der Waals surface area contributed by atoms with Gasteiger partial charge in [0.1, 0.15) is 5.70 Å². The first kappa shape index (κ1) is 11.2. The normalized spacial score (nSPS) is 17.4. The molecule has 1 aliphatic rings. The van der Waals surface area contributed by atoms with E-state index in [-0.39, 0.29) is 5.91 Å². The molecule has 1 aromatic rings. The minimum absolute atomic E-state index is 0.182. The zero-order valence-electron chi connectivity index (χ0n) is 8.61. The van der Waals surface area contributed by atoms with Gasteiger partial charge in [0.15, 0.2) is 5.11 Å². The molecule has 16 heavy (non-hydrogen) atoms. The van der Waals surface area contributed by atoms with Gasteiger partial charge in [-0.25, -0.2) is 0 Å². The molecule has 1 fully saturated rings. The van der Waals surface area contributed by atoms with Crippen molar-refractivity contribution in [3.05, 3.63) is 35.5 Å². The van der Waals surface area contributed by atoms with Crippen molar-refractivity contribution >= 4 is 41.1 Å². The van der Waals surface area contributed by atoms with Gasteiger partial charge in [-0.3, -0.25) is 10.1 Å². The van der Waals surface area contributed by atoms with E-state index >= 15 is 0 Å². The number of hydrogen-bond donors (Lipinski definition) is 2. The summed E-state index contributed by atoms with van der Waals surface area (Å²) in [4.78, 5) is 12.6. The van der Waals surface area contributed by atoms with Crippen molar-refractivity contribution in [3.63, 3.8) is 0 Å². The van der Waals surface area contributed by atoms with E-state index in [2.05, 4.69) is 10.6 Å². The quantitative estimate of drug-likeness (QED) is 0.477. The average Bonchev–Trinajstić information content (AvgIpc) is 2.59. The fraction of sp³-hybridized carbons (Fsp3) is 0.0909. The molecule has 5 heteroatoms. The van der Waals surface area contributed by atoms with Gasteiger partial charge < -0.3 is 5.32 Å². The zero-order chi connectivity index (χ0) is 11.5. The molecule has 0 unspecified atom stereocenters. The fourth-order valence-corrected chi connectivity index (χ4v) is 1.96. The highest BCUT2D eigenvalue weighted by Crippen LogP contribution is 2.16. The Morgan fingerprint density at radius 2 is 1.94 bits per heavy atom. The first-order valence-electron chi connectivity index (χ1n) is 4.67. The van der Waals surface area contributed by atoms with Gasteiger partial charge in [-0.2, -0.15) is 0 Å². The molecule has 1 aliphatic heterocycles. The number of hydrogen-bond acceptors (Lipinski definition) is 3. The second-order valence-electron chi connectivity index (χ2n) is 3.24. The lowest BCUT2D eigenvalue weighted by molar-refractivity contribution is -0.115. The van der Waals surface area contributed by atoms with Gasteiger partial charge in [0.25, 0.3) is 5.91 Å². The van der Waals surface area contributed by atoms with E-state index in [1.165, 1.54) is 4.90 Å². The average molecular weight is 250 g/mol. The number of carbonyl (C=O) groups is 1. The summed E-state index contributed by atoms with van der Waals surface area (Å²) >= 11 is 6.53. The number of thioether (sulfide) groups is 1. The monoisotopic (exact) mass is 250 g/mol. The predicted molar refractivity (Wildman–Crippen MR) is 70.1 cm³/mol. The van der Waals surface area contributed by atoms with Crippen LogP contribution >= 0.6 is 24.0 Å². The highest BCUT2D eigenvalue weighted by molar-refractivity contribution is 7.98. The molecule has 0 aliphatic carbocycles. The maximum atomic E-state index is 11.4. The van der Waals surface area contributed by atoms with Crippen molar-refractivity contribution in [1.29, 1.82) is 0 Å². The first-order valence-corrected chi connectivity index (χ1v) is 6.30. The van der Waals surface area contributed by atoms with Crippen molar-refractivity contribution in [2.75, 3.05) is 6.26 Å². The Hall–Kier alpha value is -1.33. The van der Waals surface area contributed by atoms with Crippen molar-refractivity contribution in [2.45, 2.75) is 4.90 Å². The summed E-state index contributed by atoms with van der Waals surface area (Å²) in [6.45, 7) is 0. The summed E-state index contributed by atoms with van der Waals surface area (Å²) in [5.74, 6) is -0.182. The molecule has 1 amide bonds. The maximum Gasteiger partial charge on any atom is 0.273 e. The Morgan fingerprint density at radius 3 is 2.44 bits per heavy atom. The van der Waals surface area contributed by atoms with Crippen LogP contribution in [0, 0.1) is 0 Å². The van der Waals surface area contributed by atoms with Crippen LogP contribution in [0.1, 0.15) is 5.56 Å². The maximum absolute atomic E-state index is 11.4. The molecule has 0 saturated carbocycles. The van der Waals surface area contributed by atoms with Crippen LogP contribution in [0.2, 0.25) is 0 Å². The molecular weight excluding hydrogens is 240 g/mol.